The second-order valence-electron chi connectivity index (χ2n) is 6.77. The Morgan fingerprint density at radius 2 is 1.91 bits per heavy atom. The largest absolute Gasteiger partial charge is 0.444 e. The predicted molar refractivity (Wildman–Crippen MR) is 82.7 cm³/mol. The zero-order chi connectivity index (χ0) is 16.4. The molecule has 0 unspecified atom stereocenters. The summed E-state index contributed by atoms with van der Waals surface area (Å²) in [7, 11) is 0. The minimum Gasteiger partial charge on any atom is -0.444 e. The summed E-state index contributed by atoms with van der Waals surface area (Å²) in [5.41, 5.74) is -0.417. The number of hydrogen-bond donors (Lipinski definition) is 1. The number of ketones is 1. The van der Waals surface area contributed by atoms with Crippen LogP contribution in [0, 0.1) is 0 Å². The van der Waals surface area contributed by atoms with Crippen molar-refractivity contribution >= 4 is 11.9 Å². The van der Waals surface area contributed by atoms with Crippen LogP contribution in [0.2, 0.25) is 0 Å². The summed E-state index contributed by atoms with van der Waals surface area (Å²) in [6.07, 6.45) is -0.177. The molecule has 1 amide bonds. The van der Waals surface area contributed by atoms with Gasteiger partial charge in [0.2, 0.25) is 0 Å². The van der Waals surface area contributed by atoms with Crippen molar-refractivity contribution in [1.29, 1.82) is 0 Å². The van der Waals surface area contributed by atoms with Gasteiger partial charge < -0.3 is 14.8 Å². The third-order valence-corrected chi connectivity index (χ3v) is 3.39. The highest BCUT2D eigenvalue weighted by Gasteiger charge is 2.50. The van der Waals surface area contributed by atoms with E-state index in [0.717, 1.165) is 5.56 Å². The first kappa shape index (κ1) is 16.5. The maximum atomic E-state index is 12.5. The number of nitrogens with one attached hydrogen (secondary N) is 1. The van der Waals surface area contributed by atoms with Gasteiger partial charge in [-0.15, -0.1) is 0 Å². The minimum absolute atomic E-state index is 0.123. The first-order valence-electron chi connectivity index (χ1n) is 7.41. The Morgan fingerprint density at radius 1 is 1.32 bits per heavy atom. The van der Waals surface area contributed by atoms with Gasteiger partial charge in [-0.05, 0) is 39.7 Å². The molecule has 5 nitrogen and oxygen atoms in total. The molecule has 1 aliphatic heterocycles. The van der Waals surface area contributed by atoms with E-state index in [4.69, 9.17) is 9.47 Å². The third-order valence-electron chi connectivity index (χ3n) is 3.39. The highest BCUT2D eigenvalue weighted by atomic mass is 16.6. The van der Waals surface area contributed by atoms with E-state index in [2.05, 4.69) is 5.32 Å². The summed E-state index contributed by atoms with van der Waals surface area (Å²) in [4.78, 5) is 24.5. The van der Waals surface area contributed by atoms with E-state index in [1.807, 2.05) is 30.3 Å². The summed E-state index contributed by atoms with van der Waals surface area (Å²) in [6, 6.07) is 8.90. The molecule has 2 rings (SSSR count). The number of Topliss-reactive ketones (excluding diaryl/α,β-unsaturated/α-hetero) is 1. The monoisotopic (exact) mass is 305 g/mol. The summed E-state index contributed by atoms with van der Waals surface area (Å²) >= 11 is 0. The molecule has 22 heavy (non-hydrogen) atoms. The number of hydrogen-bond acceptors (Lipinski definition) is 4. The van der Waals surface area contributed by atoms with Crippen molar-refractivity contribution in [3.05, 3.63) is 35.9 Å². The fourth-order valence-corrected chi connectivity index (χ4v) is 2.13. The quantitative estimate of drug-likeness (QED) is 0.849. The molecular formula is C17H23NO4. The van der Waals surface area contributed by atoms with E-state index >= 15 is 0 Å². The minimum atomic E-state index is -0.783. The Balaban J connectivity index is 2.08. The molecule has 1 aromatic rings. The number of benzene rings is 1. The normalized spacial score (nSPS) is 21.8. The standard InChI is InChI=1S/C17H23NO4/c1-16(2,3)22-15(20)18-13(14(19)17(4)11-21-17)10-12-8-6-5-7-9-12/h5-9,13H,10-11H2,1-4H3,(H,18,20)/t13-,17-/m0/s1. The molecule has 5 heteroatoms. The highest BCUT2D eigenvalue weighted by Crippen LogP contribution is 2.29. The van der Waals surface area contributed by atoms with E-state index in [1.165, 1.54) is 0 Å². The molecule has 1 heterocycles. The van der Waals surface area contributed by atoms with Gasteiger partial charge in [-0.1, -0.05) is 30.3 Å². The van der Waals surface area contributed by atoms with Crippen LogP contribution in [0.5, 0.6) is 0 Å². The number of epoxide rings is 1. The number of carbonyl (C=O) groups is 2. The lowest BCUT2D eigenvalue weighted by molar-refractivity contribution is -0.125. The molecule has 1 aromatic carbocycles. The zero-order valence-electron chi connectivity index (χ0n) is 13.5. The van der Waals surface area contributed by atoms with Crippen LogP contribution >= 0.6 is 0 Å². The van der Waals surface area contributed by atoms with E-state index in [-0.39, 0.29) is 5.78 Å². The van der Waals surface area contributed by atoms with Gasteiger partial charge in [0.05, 0.1) is 12.6 Å². The molecule has 0 bridgehead atoms. The lowest BCUT2D eigenvalue weighted by Gasteiger charge is -2.24. The average Bonchev–Trinajstić information content (AvgIpc) is 3.15. The van der Waals surface area contributed by atoms with Crippen LogP contribution in [-0.2, 0) is 20.7 Å². The first-order chi connectivity index (χ1) is 10.2. The Hall–Kier alpha value is -1.88. The maximum Gasteiger partial charge on any atom is 0.408 e. The molecule has 1 N–H and O–H groups in total. The molecule has 0 saturated carbocycles. The summed E-state index contributed by atoms with van der Waals surface area (Å²) in [5.74, 6) is -0.123. The van der Waals surface area contributed by atoms with Gasteiger partial charge in [-0.3, -0.25) is 4.79 Å². The Bertz CT molecular complexity index is 544. The number of amides is 1. The van der Waals surface area contributed by atoms with Crippen molar-refractivity contribution in [2.45, 2.75) is 51.4 Å². The highest BCUT2D eigenvalue weighted by molar-refractivity contribution is 5.96. The van der Waals surface area contributed by atoms with Crippen molar-refractivity contribution in [3.63, 3.8) is 0 Å². The first-order valence-corrected chi connectivity index (χ1v) is 7.41. The Labute approximate surface area is 131 Å². The van der Waals surface area contributed by atoms with E-state index < -0.39 is 23.3 Å². The second-order valence-corrected chi connectivity index (χ2v) is 6.77. The van der Waals surface area contributed by atoms with Crippen LogP contribution in [0.4, 0.5) is 4.79 Å². The van der Waals surface area contributed by atoms with Gasteiger partial charge in [0.1, 0.15) is 11.2 Å². The molecule has 1 saturated heterocycles. The molecule has 1 aliphatic rings. The van der Waals surface area contributed by atoms with Crippen LogP contribution in [0.25, 0.3) is 0 Å². The van der Waals surface area contributed by atoms with E-state index in [1.54, 1.807) is 27.7 Å². The topological polar surface area (TPSA) is 67.9 Å². The summed E-state index contributed by atoms with van der Waals surface area (Å²) in [6.45, 7) is 7.49. The number of rotatable bonds is 5. The Kier molecular flexibility index (Phi) is 4.56. The summed E-state index contributed by atoms with van der Waals surface area (Å²) in [5, 5.41) is 2.68. The van der Waals surface area contributed by atoms with Crippen molar-refractivity contribution in [1.82, 2.24) is 5.32 Å². The van der Waals surface area contributed by atoms with Gasteiger partial charge in [0.25, 0.3) is 0 Å². The smallest absolute Gasteiger partial charge is 0.408 e. The molecule has 0 aromatic heterocycles. The maximum absolute atomic E-state index is 12.5. The van der Waals surface area contributed by atoms with Crippen LogP contribution < -0.4 is 5.32 Å². The second kappa shape index (κ2) is 6.08. The number of carbonyl (C=O) groups excluding carboxylic acids is 2. The molecular weight excluding hydrogens is 282 g/mol. The van der Waals surface area contributed by atoms with Crippen LogP contribution in [-0.4, -0.2) is 35.7 Å². The van der Waals surface area contributed by atoms with Gasteiger partial charge >= 0.3 is 6.09 Å². The lowest BCUT2D eigenvalue weighted by atomic mass is 9.95. The lowest BCUT2D eigenvalue weighted by Crippen LogP contribution is -2.48. The molecule has 2 atom stereocenters. The predicted octanol–water partition coefficient (Wildman–Crippen LogP) is 2.48. The van der Waals surface area contributed by atoms with Gasteiger partial charge in [0, 0.05) is 0 Å². The van der Waals surface area contributed by atoms with Crippen LogP contribution in [0.3, 0.4) is 0 Å². The van der Waals surface area contributed by atoms with Crippen molar-refractivity contribution in [2.75, 3.05) is 6.61 Å². The average molecular weight is 305 g/mol. The van der Waals surface area contributed by atoms with E-state index in [9.17, 15) is 9.59 Å². The van der Waals surface area contributed by atoms with Crippen molar-refractivity contribution < 1.29 is 19.1 Å². The fourth-order valence-electron chi connectivity index (χ4n) is 2.13. The number of alkyl carbamates (subject to hydrolysis) is 1. The molecule has 0 radical (unpaired) electrons. The van der Waals surface area contributed by atoms with Crippen molar-refractivity contribution in [3.8, 4) is 0 Å². The number of ether oxygens (including phenoxy) is 2. The fraction of sp³-hybridized carbons (Fsp3) is 0.529. The van der Waals surface area contributed by atoms with Crippen LogP contribution in [0.1, 0.15) is 33.3 Å². The van der Waals surface area contributed by atoms with Crippen LogP contribution in [0.15, 0.2) is 30.3 Å². The summed E-state index contributed by atoms with van der Waals surface area (Å²) < 4.78 is 10.5. The van der Waals surface area contributed by atoms with Gasteiger partial charge in [0.15, 0.2) is 5.78 Å². The van der Waals surface area contributed by atoms with Crippen molar-refractivity contribution in [2.24, 2.45) is 0 Å². The molecule has 120 valence electrons. The van der Waals surface area contributed by atoms with E-state index in [0.29, 0.717) is 13.0 Å². The SMILES string of the molecule is CC(C)(C)OC(=O)N[C@@H](Cc1ccccc1)C(=O)[C@]1(C)CO1. The zero-order valence-corrected chi connectivity index (χ0v) is 13.5. The molecule has 0 aliphatic carbocycles. The van der Waals surface area contributed by atoms with Gasteiger partial charge in [-0.25, -0.2) is 4.79 Å². The third kappa shape index (κ3) is 4.56. The Morgan fingerprint density at radius 3 is 2.41 bits per heavy atom. The van der Waals surface area contributed by atoms with Gasteiger partial charge in [-0.2, -0.15) is 0 Å². The molecule has 1 fully saturated rings. The molecule has 0 spiro atoms.